The normalized spacial score (nSPS) is 11.4. The van der Waals surface area contributed by atoms with Gasteiger partial charge in [-0.1, -0.05) is 12.7 Å². The summed E-state index contributed by atoms with van der Waals surface area (Å²) in [5, 5.41) is 17.7. The lowest BCUT2D eigenvalue weighted by Gasteiger charge is -1.95. The fourth-order valence-electron chi connectivity index (χ4n) is 0.646. The third kappa shape index (κ3) is 8.10. The van der Waals surface area contributed by atoms with Crippen molar-refractivity contribution in [3.63, 3.8) is 0 Å². The molecule has 0 spiro atoms. The van der Waals surface area contributed by atoms with Crippen LogP contribution in [0.25, 0.3) is 0 Å². The standard InChI is InChI=1S/C10H14BNO3S/c1-3-15-10(16)6-8-12-7-4-5-9(2)11(13)14/h4-8,13-14H,2-3H2,1H3/b5-4-,8-6+,12-7+. The highest BCUT2D eigenvalue weighted by atomic mass is 32.1. The number of hydrogen-bond donors (Lipinski definition) is 2. The topological polar surface area (TPSA) is 62.0 Å². The summed E-state index contributed by atoms with van der Waals surface area (Å²) in [5.41, 5.74) is 0.195. The molecule has 6 heteroatoms. The van der Waals surface area contributed by atoms with Crippen LogP contribution in [0.5, 0.6) is 0 Å². The number of nitrogens with zero attached hydrogens (tertiary/aromatic N) is 1. The van der Waals surface area contributed by atoms with Crippen LogP contribution in [0.15, 0.2) is 41.5 Å². The maximum absolute atomic E-state index is 8.67. The van der Waals surface area contributed by atoms with Gasteiger partial charge in [-0.15, -0.1) is 0 Å². The molecule has 0 atom stereocenters. The average Bonchev–Trinajstić information content (AvgIpc) is 2.23. The zero-order chi connectivity index (χ0) is 12.4. The van der Waals surface area contributed by atoms with Crippen LogP contribution in [-0.4, -0.2) is 35.0 Å². The highest BCUT2D eigenvalue weighted by Crippen LogP contribution is 1.92. The number of ether oxygens (including phenoxy) is 1. The number of allylic oxidation sites excluding steroid dienone is 3. The van der Waals surface area contributed by atoms with Gasteiger partial charge >= 0.3 is 7.12 Å². The molecule has 0 rings (SSSR count). The Balaban J connectivity index is 3.94. The van der Waals surface area contributed by atoms with Crippen molar-refractivity contribution in [3.05, 3.63) is 36.5 Å². The molecule has 2 N–H and O–H groups in total. The second-order valence-electron chi connectivity index (χ2n) is 2.67. The maximum Gasteiger partial charge on any atom is 0.487 e. The van der Waals surface area contributed by atoms with Gasteiger partial charge in [-0.3, -0.25) is 4.99 Å². The number of rotatable bonds is 6. The largest absolute Gasteiger partial charge is 0.487 e. The summed E-state index contributed by atoms with van der Waals surface area (Å²) >= 11 is 4.83. The van der Waals surface area contributed by atoms with E-state index in [2.05, 4.69) is 11.6 Å². The van der Waals surface area contributed by atoms with Crippen LogP contribution < -0.4 is 0 Å². The monoisotopic (exact) mass is 239 g/mol. The molecule has 0 aromatic rings. The quantitative estimate of drug-likeness (QED) is 0.239. The number of aliphatic imine (C=N–C) groups is 1. The summed E-state index contributed by atoms with van der Waals surface area (Å²) in [4.78, 5) is 3.86. The van der Waals surface area contributed by atoms with Crippen LogP contribution in [0.2, 0.25) is 0 Å². The number of thiocarbonyl (C=S) groups is 1. The third-order valence-corrected chi connectivity index (χ3v) is 1.65. The van der Waals surface area contributed by atoms with Crippen molar-refractivity contribution in [3.8, 4) is 0 Å². The fraction of sp³-hybridized carbons (Fsp3) is 0.200. The molecule has 0 saturated carbocycles. The molecule has 0 bridgehead atoms. The van der Waals surface area contributed by atoms with Crippen LogP contribution in [0.4, 0.5) is 0 Å². The van der Waals surface area contributed by atoms with Crippen molar-refractivity contribution in [1.29, 1.82) is 0 Å². The van der Waals surface area contributed by atoms with E-state index >= 15 is 0 Å². The Bertz CT molecular complexity index is 324. The van der Waals surface area contributed by atoms with E-state index < -0.39 is 7.12 Å². The zero-order valence-electron chi connectivity index (χ0n) is 9.04. The van der Waals surface area contributed by atoms with Gasteiger partial charge in [-0.2, -0.15) is 0 Å². The van der Waals surface area contributed by atoms with Crippen molar-refractivity contribution in [2.75, 3.05) is 6.61 Å². The SMILES string of the molecule is C=C(\C=C/C=N/C=C/C(=S)OCC)B(O)O. The third-order valence-electron chi connectivity index (χ3n) is 1.40. The summed E-state index contributed by atoms with van der Waals surface area (Å²) in [6.45, 7) is 5.79. The second-order valence-corrected chi connectivity index (χ2v) is 3.08. The van der Waals surface area contributed by atoms with Crippen molar-refractivity contribution in [2.45, 2.75) is 6.92 Å². The number of hydrogen-bond acceptors (Lipinski definition) is 5. The van der Waals surface area contributed by atoms with Gasteiger partial charge in [0, 0.05) is 18.5 Å². The van der Waals surface area contributed by atoms with Gasteiger partial charge in [0.05, 0.1) is 6.61 Å². The Morgan fingerprint density at radius 2 is 2.19 bits per heavy atom. The minimum atomic E-state index is -1.54. The Morgan fingerprint density at radius 1 is 1.50 bits per heavy atom. The van der Waals surface area contributed by atoms with E-state index in [-0.39, 0.29) is 5.47 Å². The molecular formula is C10H14BNO3S. The van der Waals surface area contributed by atoms with Crippen molar-refractivity contribution >= 4 is 30.6 Å². The van der Waals surface area contributed by atoms with Crippen LogP contribution in [0, 0.1) is 0 Å². The van der Waals surface area contributed by atoms with E-state index in [1.165, 1.54) is 24.6 Å². The minimum absolute atomic E-state index is 0.195. The summed E-state index contributed by atoms with van der Waals surface area (Å²) < 4.78 is 4.99. The molecular weight excluding hydrogens is 225 g/mol. The summed E-state index contributed by atoms with van der Waals surface area (Å²) in [5.74, 6) is 0. The van der Waals surface area contributed by atoms with E-state index in [4.69, 9.17) is 27.0 Å². The van der Waals surface area contributed by atoms with E-state index in [1.54, 1.807) is 6.08 Å². The Hall–Kier alpha value is -1.24. The molecule has 0 unspecified atom stereocenters. The molecule has 16 heavy (non-hydrogen) atoms. The van der Waals surface area contributed by atoms with Crippen LogP contribution >= 0.6 is 12.2 Å². The molecule has 0 heterocycles. The predicted molar refractivity (Wildman–Crippen MR) is 70.3 cm³/mol. The lowest BCUT2D eigenvalue weighted by Crippen LogP contribution is -2.12. The van der Waals surface area contributed by atoms with E-state index in [0.29, 0.717) is 11.7 Å². The lowest BCUT2D eigenvalue weighted by molar-refractivity contribution is 0.339. The minimum Gasteiger partial charge on any atom is -0.484 e. The van der Waals surface area contributed by atoms with Gasteiger partial charge in [0.1, 0.15) is 0 Å². The Kier molecular flexibility index (Phi) is 8.33. The molecule has 0 aromatic heterocycles. The molecule has 0 aliphatic carbocycles. The molecule has 86 valence electrons. The summed E-state index contributed by atoms with van der Waals surface area (Å²) in [6, 6.07) is 0. The first-order chi connectivity index (χ1) is 7.57. The Morgan fingerprint density at radius 3 is 2.75 bits per heavy atom. The highest BCUT2D eigenvalue weighted by Gasteiger charge is 2.07. The molecule has 0 fully saturated rings. The first kappa shape index (κ1) is 14.8. The maximum atomic E-state index is 8.67. The molecule has 0 saturated heterocycles. The molecule has 0 radical (unpaired) electrons. The predicted octanol–water partition coefficient (Wildman–Crippen LogP) is 1.06. The summed E-state index contributed by atoms with van der Waals surface area (Å²) in [6.07, 6.45) is 7.50. The average molecular weight is 239 g/mol. The lowest BCUT2D eigenvalue weighted by atomic mass is 9.80. The first-order valence-electron chi connectivity index (χ1n) is 4.66. The molecule has 0 aromatic carbocycles. The van der Waals surface area contributed by atoms with Crippen LogP contribution in [-0.2, 0) is 4.74 Å². The van der Waals surface area contributed by atoms with Crippen molar-refractivity contribution in [1.82, 2.24) is 0 Å². The molecule has 0 amide bonds. The van der Waals surface area contributed by atoms with Gasteiger partial charge in [0.25, 0.3) is 0 Å². The smallest absolute Gasteiger partial charge is 0.484 e. The van der Waals surface area contributed by atoms with Crippen molar-refractivity contribution < 1.29 is 14.8 Å². The van der Waals surface area contributed by atoms with E-state index in [0.717, 1.165) is 0 Å². The van der Waals surface area contributed by atoms with Gasteiger partial charge in [-0.05, 0) is 30.7 Å². The van der Waals surface area contributed by atoms with Gasteiger partial charge in [0.15, 0.2) is 5.05 Å². The highest BCUT2D eigenvalue weighted by molar-refractivity contribution is 7.80. The first-order valence-corrected chi connectivity index (χ1v) is 5.06. The fourth-order valence-corrected chi connectivity index (χ4v) is 0.825. The zero-order valence-corrected chi connectivity index (χ0v) is 9.85. The van der Waals surface area contributed by atoms with Crippen molar-refractivity contribution in [2.24, 2.45) is 4.99 Å². The molecule has 0 aliphatic heterocycles. The van der Waals surface area contributed by atoms with Crippen LogP contribution in [0.3, 0.4) is 0 Å². The van der Waals surface area contributed by atoms with E-state index in [1.807, 2.05) is 6.92 Å². The Labute approximate surface area is 101 Å². The van der Waals surface area contributed by atoms with Gasteiger partial charge < -0.3 is 14.8 Å². The summed E-state index contributed by atoms with van der Waals surface area (Å²) in [7, 11) is -1.54. The second kappa shape index (κ2) is 9.02. The molecule has 0 aliphatic rings. The van der Waals surface area contributed by atoms with Gasteiger partial charge in [-0.25, -0.2) is 0 Å². The van der Waals surface area contributed by atoms with E-state index in [9.17, 15) is 0 Å². The molecule has 4 nitrogen and oxygen atoms in total. The van der Waals surface area contributed by atoms with Gasteiger partial charge in [0.2, 0.25) is 0 Å². The van der Waals surface area contributed by atoms with Crippen LogP contribution in [0.1, 0.15) is 6.92 Å².